The Labute approximate surface area is 122 Å². The van der Waals surface area contributed by atoms with Crippen LogP contribution < -0.4 is 10.1 Å². The summed E-state index contributed by atoms with van der Waals surface area (Å²) < 4.78 is 5.69. The number of benzene rings is 1. The number of nitrogens with one attached hydrogen (secondary N) is 1. The SMILES string of the molecule is c1ccc(Oc2ccc(NCc3cncnc3)nc2)cc1. The van der Waals surface area contributed by atoms with Crippen LogP contribution in [0.2, 0.25) is 0 Å². The Balaban J connectivity index is 1.59. The second-order valence-electron chi connectivity index (χ2n) is 4.39. The largest absolute Gasteiger partial charge is 0.456 e. The Morgan fingerprint density at radius 3 is 2.38 bits per heavy atom. The lowest BCUT2D eigenvalue weighted by molar-refractivity contribution is 0.480. The fourth-order valence-electron chi connectivity index (χ4n) is 1.78. The summed E-state index contributed by atoms with van der Waals surface area (Å²) in [6, 6.07) is 13.4. The van der Waals surface area contributed by atoms with E-state index < -0.39 is 0 Å². The van der Waals surface area contributed by atoms with Crippen molar-refractivity contribution >= 4 is 5.82 Å². The van der Waals surface area contributed by atoms with E-state index in [-0.39, 0.29) is 0 Å². The summed E-state index contributed by atoms with van der Waals surface area (Å²) >= 11 is 0. The molecule has 5 heteroatoms. The number of hydrogen-bond donors (Lipinski definition) is 1. The minimum atomic E-state index is 0.632. The van der Waals surface area contributed by atoms with E-state index >= 15 is 0 Å². The van der Waals surface area contributed by atoms with E-state index in [4.69, 9.17) is 4.74 Å². The van der Waals surface area contributed by atoms with Crippen LogP contribution in [0.4, 0.5) is 5.82 Å². The molecule has 3 rings (SSSR count). The molecule has 0 bridgehead atoms. The summed E-state index contributed by atoms with van der Waals surface area (Å²) in [5.74, 6) is 2.27. The monoisotopic (exact) mass is 278 g/mol. The van der Waals surface area contributed by atoms with Gasteiger partial charge in [-0.25, -0.2) is 15.0 Å². The van der Waals surface area contributed by atoms with Gasteiger partial charge in [0.25, 0.3) is 0 Å². The molecule has 0 spiro atoms. The summed E-state index contributed by atoms with van der Waals surface area (Å²) in [6.45, 7) is 0.632. The molecule has 1 N–H and O–H groups in total. The molecule has 0 unspecified atom stereocenters. The number of hydrogen-bond acceptors (Lipinski definition) is 5. The molecule has 2 aromatic heterocycles. The van der Waals surface area contributed by atoms with Crippen LogP contribution in [0, 0.1) is 0 Å². The van der Waals surface area contributed by atoms with E-state index in [0.29, 0.717) is 12.3 Å². The van der Waals surface area contributed by atoms with Crippen molar-refractivity contribution < 1.29 is 4.74 Å². The highest BCUT2D eigenvalue weighted by Gasteiger charge is 1.99. The van der Waals surface area contributed by atoms with Gasteiger partial charge in [0, 0.05) is 24.5 Å². The smallest absolute Gasteiger partial charge is 0.145 e. The summed E-state index contributed by atoms with van der Waals surface area (Å²) in [7, 11) is 0. The van der Waals surface area contributed by atoms with Gasteiger partial charge in [-0.05, 0) is 24.3 Å². The van der Waals surface area contributed by atoms with E-state index in [2.05, 4.69) is 20.3 Å². The molecule has 0 fully saturated rings. The van der Waals surface area contributed by atoms with E-state index in [1.807, 2.05) is 42.5 Å². The van der Waals surface area contributed by atoms with Crippen LogP contribution in [0.5, 0.6) is 11.5 Å². The van der Waals surface area contributed by atoms with Crippen molar-refractivity contribution in [1.29, 1.82) is 0 Å². The van der Waals surface area contributed by atoms with E-state index in [0.717, 1.165) is 17.1 Å². The lowest BCUT2D eigenvalue weighted by Crippen LogP contribution is -2.01. The fraction of sp³-hybridized carbons (Fsp3) is 0.0625. The first-order valence-electron chi connectivity index (χ1n) is 6.57. The average Bonchev–Trinajstić information content (AvgIpc) is 2.56. The number of nitrogens with zero attached hydrogens (tertiary/aromatic N) is 3. The van der Waals surface area contributed by atoms with Gasteiger partial charge in [-0.3, -0.25) is 0 Å². The molecule has 3 aromatic rings. The minimum Gasteiger partial charge on any atom is -0.456 e. The summed E-state index contributed by atoms with van der Waals surface area (Å²) in [4.78, 5) is 12.2. The first-order chi connectivity index (χ1) is 10.4. The zero-order chi connectivity index (χ0) is 14.3. The van der Waals surface area contributed by atoms with Gasteiger partial charge in [0.1, 0.15) is 23.6 Å². The van der Waals surface area contributed by atoms with Gasteiger partial charge in [-0.1, -0.05) is 18.2 Å². The number of para-hydroxylation sites is 1. The Kier molecular flexibility index (Phi) is 4.02. The fourth-order valence-corrected chi connectivity index (χ4v) is 1.78. The van der Waals surface area contributed by atoms with E-state index in [1.54, 1.807) is 18.6 Å². The summed E-state index contributed by atoms with van der Waals surface area (Å²) in [5.41, 5.74) is 1.00. The van der Waals surface area contributed by atoms with Gasteiger partial charge < -0.3 is 10.1 Å². The molecule has 0 aliphatic heterocycles. The summed E-state index contributed by atoms with van der Waals surface area (Å²) in [5, 5.41) is 3.21. The highest BCUT2D eigenvalue weighted by atomic mass is 16.5. The van der Waals surface area contributed by atoms with Gasteiger partial charge >= 0.3 is 0 Å². The molecule has 0 saturated heterocycles. The molecule has 21 heavy (non-hydrogen) atoms. The third-order valence-electron chi connectivity index (χ3n) is 2.80. The lowest BCUT2D eigenvalue weighted by Gasteiger charge is -2.07. The Bertz CT molecular complexity index is 672. The molecule has 0 aliphatic carbocycles. The normalized spacial score (nSPS) is 10.1. The zero-order valence-electron chi connectivity index (χ0n) is 11.3. The Morgan fingerprint density at radius 1 is 0.857 bits per heavy atom. The lowest BCUT2D eigenvalue weighted by atomic mass is 10.3. The number of pyridine rings is 1. The zero-order valence-corrected chi connectivity index (χ0v) is 11.3. The third-order valence-corrected chi connectivity index (χ3v) is 2.80. The molecule has 0 saturated carbocycles. The molecular weight excluding hydrogens is 264 g/mol. The van der Waals surface area contributed by atoms with Crippen LogP contribution in [-0.4, -0.2) is 15.0 Å². The topological polar surface area (TPSA) is 59.9 Å². The predicted molar refractivity (Wildman–Crippen MR) is 80.1 cm³/mol. The second-order valence-corrected chi connectivity index (χ2v) is 4.39. The second kappa shape index (κ2) is 6.47. The Hall–Kier alpha value is -2.95. The van der Waals surface area contributed by atoms with Crippen molar-refractivity contribution in [2.24, 2.45) is 0 Å². The average molecular weight is 278 g/mol. The molecule has 0 radical (unpaired) electrons. The number of aromatic nitrogens is 3. The molecule has 104 valence electrons. The maximum atomic E-state index is 5.69. The van der Waals surface area contributed by atoms with Crippen molar-refractivity contribution in [2.45, 2.75) is 6.54 Å². The van der Waals surface area contributed by atoms with Crippen molar-refractivity contribution in [3.63, 3.8) is 0 Å². The quantitative estimate of drug-likeness (QED) is 0.776. The first kappa shape index (κ1) is 13.1. The van der Waals surface area contributed by atoms with E-state index in [9.17, 15) is 0 Å². The number of ether oxygens (including phenoxy) is 1. The van der Waals surface area contributed by atoms with Gasteiger partial charge in [0.2, 0.25) is 0 Å². The third kappa shape index (κ3) is 3.76. The van der Waals surface area contributed by atoms with Gasteiger partial charge in [-0.15, -0.1) is 0 Å². The van der Waals surface area contributed by atoms with Crippen LogP contribution in [0.25, 0.3) is 0 Å². The molecule has 0 amide bonds. The van der Waals surface area contributed by atoms with Crippen LogP contribution >= 0.6 is 0 Å². The van der Waals surface area contributed by atoms with Gasteiger partial charge in [0.15, 0.2) is 0 Å². The summed E-state index contributed by atoms with van der Waals surface area (Å²) in [6.07, 6.45) is 6.74. The maximum absolute atomic E-state index is 5.69. The first-order valence-corrected chi connectivity index (χ1v) is 6.57. The van der Waals surface area contributed by atoms with Crippen LogP contribution in [-0.2, 0) is 6.54 Å². The van der Waals surface area contributed by atoms with Crippen molar-refractivity contribution in [3.8, 4) is 11.5 Å². The molecule has 2 heterocycles. The van der Waals surface area contributed by atoms with Crippen LogP contribution in [0.1, 0.15) is 5.56 Å². The van der Waals surface area contributed by atoms with Crippen molar-refractivity contribution in [3.05, 3.63) is 72.9 Å². The van der Waals surface area contributed by atoms with Crippen LogP contribution in [0.3, 0.4) is 0 Å². The van der Waals surface area contributed by atoms with Crippen LogP contribution in [0.15, 0.2) is 67.4 Å². The minimum absolute atomic E-state index is 0.632. The predicted octanol–water partition coefficient (Wildman–Crippen LogP) is 3.28. The Morgan fingerprint density at radius 2 is 1.67 bits per heavy atom. The molecule has 0 aliphatic rings. The van der Waals surface area contributed by atoms with Gasteiger partial charge in [-0.2, -0.15) is 0 Å². The number of anilines is 1. The van der Waals surface area contributed by atoms with E-state index in [1.165, 1.54) is 6.33 Å². The molecule has 1 aromatic carbocycles. The highest BCUT2D eigenvalue weighted by Crippen LogP contribution is 2.20. The van der Waals surface area contributed by atoms with Gasteiger partial charge in [0.05, 0.1) is 6.20 Å². The molecule has 5 nitrogen and oxygen atoms in total. The molecular formula is C16H14N4O. The standard InChI is InChI=1S/C16H14N4O/c1-2-4-14(5-3-1)21-15-6-7-16(20-11-15)19-10-13-8-17-12-18-9-13/h1-9,11-12H,10H2,(H,19,20). The van der Waals surface area contributed by atoms with Crippen molar-refractivity contribution in [2.75, 3.05) is 5.32 Å². The van der Waals surface area contributed by atoms with Crippen molar-refractivity contribution in [1.82, 2.24) is 15.0 Å². The maximum Gasteiger partial charge on any atom is 0.145 e. The number of rotatable bonds is 5. The molecule has 0 atom stereocenters. The highest BCUT2D eigenvalue weighted by molar-refractivity contribution is 5.39.